The normalized spacial score (nSPS) is 12.2. The van der Waals surface area contributed by atoms with Gasteiger partial charge in [0.2, 0.25) is 0 Å². The summed E-state index contributed by atoms with van der Waals surface area (Å²) in [6.45, 7) is 0.736. The van der Waals surface area contributed by atoms with Crippen molar-refractivity contribution in [2.75, 3.05) is 18.5 Å². The van der Waals surface area contributed by atoms with E-state index in [1.165, 1.54) is 4.88 Å². The van der Waals surface area contributed by atoms with Crippen LogP contribution in [0, 0.1) is 11.3 Å². The average Bonchev–Trinajstić information content (AvgIpc) is 3.19. The highest BCUT2D eigenvalue weighted by molar-refractivity contribution is 7.80. The summed E-state index contributed by atoms with van der Waals surface area (Å²) in [6, 6.07) is 18.7. The Balaban J connectivity index is 1.31. The van der Waals surface area contributed by atoms with E-state index in [0.29, 0.717) is 35.1 Å². The topological polar surface area (TPSA) is 83.4 Å². The van der Waals surface area contributed by atoms with Gasteiger partial charge in [-0.2, -0.15) is 5.26 Å². The Morgan fingerprint density at radius 1 is 1.03 bits per heavy atom. The van der Waals surface area contributed by atoms with Crippen molar-refractivity contribution in [2.24, 2.45) is 0 Å². The fourth-order valence-electron chi connectivity index (χ4n) is 3.64. The molecule has 0 aliphatic heterocycles. The summed E-state index contributed by atoms with van der Waals surface area (Å²) in [5.74, 6) is 0.996. The first kappa shape index (κ1) is 22.8. The van der Waals surface area contributed by atoms with E-state index in [0.717, 1.165) is 37.0 Å². The molecule has 0 bridgehead atoms. The fourth-order valence-corrected chi connectivity index (χ4v) is 5.15. The van der Waals surface area contributed by atoms with E-state index in [1.54, 1.807) is 35.6 Å². The van der Waals surface area contributed by atoms with Crippen molar-refractivity contribution in [3.63, 3.8) is 0 Å². The molecule has 0 unspecified atom stereocenters. The first-order valence-corrected chi connectivity index (χ1v) is 11.9. The Hall–Kier alpha value is -3.41. The average molecular weight is 478 g/mol. The van der Waals surface area contributed by atoms with E-state index in [1.807, 2.05) is 30.3 Å². The van der Waals surface area contributed by atoms with Crippen molar-refractivity contribution < 1.29 is 14.3 Å². The summed E-state index contributed by atoms with van der Waals surface area (Å²) in [5, 5.41) is 16.2. The van der Waals surface area contributed by atoms with Gasteiger partial charge in [0, 0.05) is 10.4 Å². The van der Waals surface area contributed by atoms with Gasteiger partial charge >= 0.3 is 0 Å². The Morgan fingerprint density at radius 2 is 1.76 bits per heavy atom. The van der Waals surface area contributed by atoms with Gasteiger partial charge in [0.15, 0.2) is 5.11 Å². The number of anilines is 1. The van der Waals surface area contributed by atoms with Crippen LogP contribution in [0.15, 0.2) is 54.6 Å². The largest absolute Gasteiger partial charge is 0.490 e. The maximum absolute atomic E-state index is 12.7. The van der Waals surface area contributed by atoms with E-state index in [-0.39, 0.29) is 11.0 Å². The second-order valence-corrected chi connectivity index (χ2v) is 8.99. The van der Waals surface area contributed by atoms with Crippen LogP contribution in [0.4, 0.5) is 5.00 Å². The quantitative estimate of drug-likeness (QED) is 0.365. The van der Waals surface area contributed by atoms with Crippen LogP contribution in [-0.2, 0) is 12.8 Å². The Morgan fingerprint density at radius 3 is 2.55 bits per heavy atom. The molecule has 0 saturated heterocycles. The number of ether oxygens (including phenoxy) is 2. The lowest BCUT2D eigenvalue weighted by molar-refractivity contribution is 0.0977. The van der Waals surface area contributed by atoms with E-state index in [2.05, 4.69) is 16.7 Å². The number of para-hydroxylation sites is 1. The molecule has 6 nitrogen and oxygen atoms in total. The molecule has 8 heteroatoms. The molecule has 1 aliphatic carbocycles. The van der Waals surface area contributed by atoms with Crippen molar-refractivity contribution in [1.82, 2.24) is 5.32 Å². The highest BCUT2D eigenvalue weighted by Gasteiger charge is 2.21. The van der Waals surface area contributed by atoms with Crippen molar-refractivity contribution in [2.45, 2.75) is 25.7 Å². The van der Waals surface area contributed by atoms with Crippen LogP contribution in [0.3, 0.4) is 0 Å². The lowest BCUT2D eigenvalue weighted by Crippen LogP contribution is -2.34. The SMILES string of the molecule is N#Cc1c(NC(=S)NC(=O)c2cccc(OCCOc3ccccc3)c2)sc2c1CCCC2. The zero-order valence-electron chi connectivity index (χ0n) is 17.9. The number of nitrogens with one attached hydrogen (secondary N) is 2. The molecule has 4 rings (SSSR count). The molecular weight excluding hydrogens is 454 g/mol. The van der Waals surface area contributed by atoms with Crippen LogP contribution in [0.2, 0.25) is 0 Å². The van der Waals surface area contributed by atoms with Gasteiger partial charge in [-0.1, -0.05) is 24.3 Å². The molecule has 0 spiro atoms. The zero-order chi connectivity index (χ0) is 23.0. The number of hydrogen-bond acceptors (Lipinski definition) is 6. The molecule has 0 radical (unpaired) electrons. The molecule has 1 amide bonds. The van der Waals surface area contributed by atoms with E-state index in [4.69, 9.17) is 21.7 Å². The number of rotatable bonds is 7. The summed E-state index contributed by atoms with van der Waals surface area (Å²) in [6.07, 6.45) is 4.13. The Kier molecular flexibility index (Phi) is 7.55. The first-order valence-electron chi connectivity index (χ1n) is 10.7. The van der Waals surface area contributed by atoms with Crippen molar-refractivity contribution in [3.05, 3.63) is 76.2 Å². The van der Waals surface area contributed by atoms with Crippen LogP contribution in [0.5, 0.6) is 11.5 Å². The van der Waals surface area contributed by atoms with Gasteiger partial charge in [-0.25, -0.2) is 0 Å². The lowest BCUT2D eigenvalue weighted by atomic mass is 9.96. The fraction of sp³-hybridized carbons (Fsp3) is 0.240. The van der Waals surface area contributed by atoms with Crippen molar-refractivity contribution in [3.8, 4) is 17.6 Å². The predicted octanol–water partition coefficient (Wildman–Crippen LogP) is 5.08. The summed E-state index contributed by atoms with van der Waals surface area (Å²) in [5.41, 5.74) is 2.18. The van der Waals surface area contributed by atoms with Gasteiger partial charge in [0.05, 0.1) is 5.56 Å². The number of carbonyl (C=O) groups excluding carboxylic acids is 1. The number of nitriles is 1. The molecule has 33 heavy (non-hydrogen) atoms. The summed E-state index contributed by atoms with van der Waals surface area (Å²) in [7, 11) is 0. The van der Waals surface area contributed by atoms with Crippen LogP contribution >= 0.6 is 23.6 Å². The molecule has 2 aromatic carbocycles. The number of amides is 1. The van der Waals surface area contributed by atoms with Crippen LogP contribution in [0.25, 0.3) is 0 Å². The number of nitrogens with zero attached hydrogens (tertiary/aromatic N) is 1. The molecule has 1 aliphatic rings. The van der Waals surface area contributed by atoms with Gasteiger partial charge in [0.1, 0.15) is 35.8 Å². The number of aryl methyl sites for hydroxylation is 1. The number of benzene rings is 2. The standard InChI is InChI=1S/C25H23N3O3S2/c26-16-21-20-11-4-5-12-22(20)33-24(21)28-25(32)27-23(29)17-7-6-10-19(15-17)31-14-13-30-18-8-2-1-3-9-18/h1-3,6-10,15H,4-5,11-14H2,(H2,27,28,29,32). The number of thiocarbonyl (C=S) groups is 1. The molecule has 1 heterocycles. The van der Waals surface area contributed by atoms with E-state index >= 15 is 0 Å². The van der Waals surface area contributed by atoms with Gasteiger partial charge < -0.3 is 14.8 Å². The summed E-state index contributed by atoms with van der Waals surface area (Å²) in [4.78, 5) is 13.9. The highest BCUT2D eigenvalue weighted by Crippen LogP contribution is 2.37. The van der Waals surface area contributed by atoms with E-state index < -0.39 is 0 Å². The van der Waals surface area contributed by atoms with E-state index in [9.17, 15) is 10.1 Å². The number of thiophene rings is 1. The van der Waals surface area contributed by atoms with Crippen LogP contribution < -0.4 is 20.1 Å². The Bertz CT molecular complexity index is 1190. The maximum Gasteiger partial charge on any atom is 0.257 e. The monoisotopic (exact) mass is 477 g/mol. The third kappa shape index (κ3) is 5.89. The maximum atomic E-state index is 12.7. The minimum absolute atomic E-state index is 0.165. The molecule has 3 aromatic rings. The highest BCUT2D eigenvalue weighted by atomic mass is 32.1. The van der Waals surface area contributed by atoms with Crippen LogP contribution in [0.1, 0.15) is 39.2 Å². The first-order chi connectivity index (χ1) is 16.1. The number of carbonyl (C=O) groups is 1. The van der Waals surface area contributed by atoms with Crippen LogP contribution in [-0.4, -0.2) is 24.2 Å². The molecular formula is C25H23N3O3S2. The minimum Gasteiger partial charge on any atom is -0.490 e. The number of fused-ring (bicyclic) bond motifs is 1. The lowest BCUT2D eigenvalue weighted by Gasteiger charge is -2.11. The molecule has 0 saturated carbocycles. The Labute approximate surface area is 202 Å². The van der Waals surface area contributed by atoms with Crippen molar-refractivity contribution >= 4 is 39.6 Å². The molecule has 0 fully saturated rings. The second-order valence-electron chi connectivity index (χ2n) is 7.47. The van der Waals surface area contributed by atoms with Gasteiger partial charge in [-0.15, -0.1) is 11.3 Å². The van der Waals surface area contributed by atoms with Crippen molar-refractivity contribution in [1.29, 1.82) is 5.26 Å². The summed E-state index contributed by atoms with van der Waals surface area (Å²) >= 11 is 6.88. The smallest absolute Gasteiger partial charge is 0.257 e. The third-order valence-electron chi connectivity index (χ3n) is 5.20. The summed E-state index contributed by atoms with van der Waals surface area (Å²) < 4.78 is 11.3. The second kappa shape index (κ2) is 10.9. The molecule has 168 valence electrons. The molecule has 1 aromatic heterocycles. The van der Waals surface area contributed by atoms with Gasteiger partial charge in [0.25, 0.3) is 5.91 Å². The zero-order valence-corrected chi connectivity index (χ0v) is 19.6. The minimum atomic E-state index is -0.349. The van der Waals surface area contributed by atoms with Gasteiger partial charge in [-0.05, 0) is 73.8 Å². The molecule has 0 atom stereocenters. The predicted molar refractivity (Wildman–Crippen MR) is 133 cm³/mol. The number of hydrogen-bond donors (Lipinski definition) is 2. The molecule has 2 N–H and O–H groups in total. The van der Waals surface area contributed by atoms with Gasteiger partial charge in [-0.3, -0.25) is 10.1 Å². The third-order valence-corrected chi connectivity index (χ3v) is 6.61.